The van der Waals surface area contributed by atoms with Crippen molar-refractivity contribution in [2.24, 2.45) is 0 Å². The minimum Gasteiger partial charge on any atom is -0.504 e. The van der Waals surface area contributed by atoms with Crippen molar-refractivity contribution in [1.29, 1.82) is 0 Å². The fourth-order valence-electron chi connectivity index (χ4n) is 1.61. The highest BCUT2D eigenvalue weighted by molar-refractivity contribution is 6.20. The molecular weight excluding hydrogens is 216 g/mol. The number of carbonyl (C=O) groups is 1. The van der Waals surface area contributed by atoms with Gasteiger partial charge in [-0.25, -0.2) is 0 Å². The van der Waals surface area contributed by atoms with Crippen LogP contribution in [-0.2, 0) is 9.53 Å². The molecule has 0 spiro atoms. The van der Waals surface area contributed by atoms with E-state index in [0.717, 1.165) is 16.9 Å². The lowest BCUT2D eigenvalue weighted by Gasteiger charge is -2.10. The van der Waals surface area contributed by atoms with Crippen LogP contribution in [-0.4, -0.2) is 20.0 Å². The highest BCUT2D eigenvalue weighted by Crippen LogP contribution is 2.25. The van der Waals surface area contributed by atoms with Gasteiger partial charge in [0.05, 0.1) is 26.1 Å². The van der Waals surface area contributed by atoms with Gasteiger partial charge < -0.3 is 9.47 Å². The zero-order valence-corrected chi connectivity index (χ0v) is 10.7. The van der Waals surface area contributed by atoms with E-state index in [1.807, 2.05) is 32.0 Å². The standard InChI is InChI=1S/C14H18O3/c1-5-14(15)13(9-16-3)12-8-11(17-4)7-6-10(12)2/h6-9H,5H2,1-4H3/b13-9+. The van der Waals surface area contributed by atoms with E-state index in [2.05, 4.69) is 0 Å². The average molecular weight is 234 g/mol. The largest absolute Gasteiger partial charge is 0.504 e. The molecule has 0 radical (unpaired) electrons. The van der Waals surface area contributed by atoms with E-state index >= 15 is 0 Å². The van der Waals surface area contributed by atoms with Gasteiger partial charge in [-0.05, 0) is 30.2 Å². The van der Waals surface area contributed by atoms with Gasteiger partial charge in [0.25, 0.3) is 0 Å². The SMILES string of the molecule is CCC(=O)/C(=C/OC)c1cc(OC)ccc1C. The molecule has 1 aromatic rings. The summed E-state index contributed by atoms with van der Waals surface area (Å²) in [4.78, 5) is 11.9. The van der Waals surface area contributed by atoms with Gasteiger partial charge in [-0.3, -0.25) is 4.79 Å². The molecule has 0 N–H and O–H groups in total. The minimum atomic E-state index is 0.0585. The summed E-state index contributed by atoms with van der Waals surface area (Å²) in [6.45, 7) is 3.79. The number of benzene rings is 1. The second-order valence-electron chi connectivity index (χ2n) is 3.72. The summed E-state index contributed by atoms with van der Waals surface area (Å²) in [6, 6.07) is 5.66. The zero-order chi connectivity index (χ0) is 12.8. The molecule has 0 aromatic heterocycles. The summed E-state index contributed by atoms with van der Waals surface area (Å²) in [7, 11) is 3.15. The molecule has 0 amide bonds. The number of carbonyl (C=O) groups excluding carboxylic acids is 1. The van der Waals surface area contributed by atoms with Crippen molar-refractivity contribution in [3.05, 3.63) is 35.6 Å². The van der Waals surface area contributed by atoms with E-state index in [-0.39, 0.29) is 5.78 Å². The van der Waals surface area contributed by atoms with Crippen LogP contribution >= 0.6 is 0 Å². The average Bonchev–Trinajstić information content (AvgIpc) is 2.36. The number of allylic oxidation sites excluding steroid dienone is 1. The first-order chi connectivity index (χ1) is 8.13. The molecule has 0 saturated heterocycles. The second-order valence-corrected chi connectivity index (χ2v) is 3.72. The molecule has 0 atom stereocenters. The number of Topliss-reactive ketones (excluding diaryl/α,β-unsaturated/α-hetero) is 1. The van der Waals surface area contributed by atoms with Gasteiger partial charge >= 0.3 is 0 Å². The quantitative estimate of drug-likeness (QED) is 0.580. The monoisotopic (exact) mass is 234 g/mol. The number of hydrogen-bond donors (Lipinski definition) is 0. The molecule has 0 unspecified atom stereocenters. The number of aryl methyl sites for hydroxylation is 1. The summed E-state index contributed by atoms with van der Waals surface area (Å²) in [6.07, 6.45) is 1.94. The summed E-state index contributed by atoms with van der Waals surface area (Å²) >= 11 is 0. The Morgan fingerprint density at radius 1 is 1.35 bits per heavy atom. The lowest BCUT2D eigenvalue weighted by Crippen LogP contribution is -2.02. The molecule has 17 heavy (non-hydrogen) atoms. The van der Waals surface area contributed by atoms with E-state index in [1.54, 1.807) is 14.2 Å². The van der Waals surface area contributed by atoms with Crippen molar-refractivity contribution in [3.63, 3.8) is 0 Å². The summed E-state index contributed by atoms with van der Waals surface area (Å²) in [5.41, 5.74) is 2.47. The molecule has 3 heteroatoms. The summed E-state index contributed by atoms with van der Waals surface area (Å²) < 4.78 is 10.2. The highest BCUT2D eigenvalue weighted by Gasteiger charge is 2.13. The van der Waals surface area contributed by atoms with Crippen LogP contribution in [0.25, 0.3) is 5.57 Å². The van der Waals surface area contributed by atoms with Crippen LogP contribution in [0.5, 0.6) is 5.75 Å². The van der Waals surface area contributed by atoms with E-state index in [0.29, 0.717) is 12.0 Å². The molecule has 1 rings (SSSR count). The van der Waals surface area contributed by atoms with Crippen LogP contribution in [0, 0.1) is 6.92 Å². The lowest BCUT2D eigenvalue weighted by atomic mass is 9.97. The number of ketones is 1. The molecule has 92 valence electrons. The third-order valence-electron chi connectivity index (χ3n) is 2.59. The fraction of sp³-hybridized carbons (Fsp3) is 0.357. The first-order valence-corrected chi connectivity index (χ1v) is 5.55. The first-order valence-electron chi connectivity index (χ1n) is 5.55. The maximum absolute atomic E-state index is 11.9. The molecule has 0 bridgehead atoms. The van der Waals surface area contributed by atoms with Gasteiger partial charge in [0, 0.05) is 6.42 Å². The molecule has 0 aliphatic carbocycles. The minimum absolute atomic E-state index is 0.0585. The van der Waals surface area contributed by atoms with Gasteiger partial charge in [0.2, 0.25) is 0 Å². The van der Waals surface area contributed by atoms with Crippen molar-refractivity contribution in [2.75, 3.05) is 14.2 Å². The van der Waals surface area contributed by atoms with E-state index in [4.69, 9.17) is 9.47 Å². The molecule has 0 aliphatic rings. The topological polar surface area (TPSA) is 35.5 Å². The van der Waals surface area contributed by atoms with Crippen LogP contribution < -0.4 is 4.74 Å². The Morgan fingerprint density at radius 2 is 2.06 bits per heavy atom. The highest BCUT2D eigenvalue weighted by atomic mass is 16.5. The van der Waals surface area contributed by atoms with Crippen molar-refractivity contribution in [1.82, 2.24) is 0 Å². The van der Waals surface area contributed by atoms with Crippen LogP contribution in [0.1, 0.15) is 24.5 Å². The predicted octanol–water partition coefficient (Wildman–Crippen LogP) is 2.97. The van der Waals surface area contributed by atoms with E-state index in [1.165, 1.54) is 6.26 Å². The third kappa shape index (κ3) is 3.09. The number of methoxy groups -OCH3 is 2. The molecule has 0 fully saturated rings. The van der Waals surface area contributed by atoms with Gasteiger partial charge in [-0.15, -0.1) is 0 Å². The van der Waals surface area contributed by atoms with Crippen molar-refractivity contribution >= 4 is 11.4 Å². The molecule has 3 nitrogen and oxygen atoms in total. The third-order valence-corrected chi connectivity index (χ3v) is 2.59. The molecule has 0 aliphatic heterocycles. The summed E-state index contributed by atoms with van der Waals surface area (Å²) in [5.74, 6) is 0.791. The van der Waals surface area contributed by atoms with Crippen molar-refractivity contribution in [3.8, 4) is 5.75 Å². The Bertz CT molecular complexity index is 433. The maximum Gasteiger partial charge on any atom is 0.166 e. The Kier molecular flexibility index (Phi) is 4.76. The fourth-order valence-corrected chi connectivity index (χ4v) is 1.61. The second kappa shape index (κ2) is 6.09. The Morgan fingerprint density at radius 3 is 2.59 bits per heavy atom. The molecule has 0 heterocycles. The normalized spacial score (nSPS) is 11.2. The van der Waals surface area contributed by atoms with Crippen LogP contribution in [0.15, 0.2) is 24.5 Å². The number of hydrogen-bond acceptors (Lipinski definition) is 3. The van der Waals surface area contributed by atoms with Crippen LogP contribution in [0.3, 0.4) is 0 Å². The van der Waals surface area contributed by atoms with E-state index in [9.17, 15) is 4.79 Å². The molecule has 0 saturated carbocycles. The van der Waals surface area contributed by atoms with Crippen LogP contribution in [0.4, 0.5) is 0 Å². The predicted molar refractivity (Wildman–Crippen MR) is 68.0 cm³/mol. The molecular formula is C14H18O3. The number of ether oxygens (including phenoxy) is 2. The number of rotatable bonds is 5. The smallest absolute Gasteiger partial charge is 0.166 e. The van der Waals surface area contributed by atoms with Crippen LogP contribution in [0.2, 0.25) is 0 Å². The van der Waals surface area contributed by atoms with Gasteiger partial charge in [0.15, 0.2) is 5.78 Å². The maximum atomic E-state index is 11.9. The van der Waals surface area contributed by atoms with Gasteiger partial charge in [0.1, 0.15) is 5.75 Å². The first kappa shape index (κ1) is 13.3. The summed E-state index contributed by atoms with van der Waals surface area (Å²) in [5, 5.41) is 0. The zero-order valence-electron chi connectivity index (χ0n) is 10.7. The molecule has 1 aromatic carbocycles. The van der Waals surface area contributed by atoms with Gasteiger partial charge in [-0.1, -0.05) is 13.0 Å². The van der Waals surface area contributed by atoms with E-state index < -0.39 is 0 Å². The Balaban J connectivity index is 3.27. The Hall–Kier alpha value is -1.77. The van der Waals surface area contributed by atoms with Gasteiger partial charge in [-0.2, -0.15) is 0 Å². The van der Waals surface area contributed by atoms with Crippen molar-refractivity contribution < 1.29 is 14.3 Å². The lowest BCUT2D eigenvalue weighted by molar-refractivity contribution is -0.113. The Labute approximate surface area is 102 Å². The van der Waals surface area contributed by atoms with Crippen molar-refractivity contribution in [2.45, 2.75) is 20.3 Å².